The fourth-order valence-electron chi connectivity index (χ4n) is 2.45. The van der Waals surface area contributed by atoms with Gasteiger partial charge >= 0.3 is 0 Å². The van der Waals surface area contributed by atoms with E-state index in [2.05, 4.69) is 31.4 Å². The van der Waals surface area contributed by atoms with Gasteiger partial charge in [0, 0.05) is 29.4 Å². The van der Waals surface area contributed by atoms with Crippen LogP contribution >= 0.6 is 27.7 Å². The maximum atomic E-state index is 11.8. The molecule has 2 aromatic rings. The molecule has 0 saturated carbocycles. The Morgan fingerprint density at radius 3 is 2.96 bits per heavy atom. The monoisotopic (exact) mass is 437 g/mol. The Kier molecular flexibility index (Phi) is 7.16. The van der Waals surface area contributed by atoms with Crippen molar-refractivity contribution in [1.82, 2.24) is 5.43 Å². The number of furan rings is 1. The Balaban J connectivity index is 1.39. The summed E-state index contributed by atoms with van der Waals surface area (Å²) in [7, 11) is 0. The number of carbonyl (C=O) groups excluding carboxylic acids is 1. The van der Waals surface area contributed by atoms with Gasteiger partial charge in [0.25, 0.3) is 0 Å². The van der Waals surface area contributed by atoms with Gasteiger partial charge in [0.2, 0.25) is 5.91 Å². The van der Waals surface area contributed by atoms with Crippen molar-refractivity contribution >= 4 is 45.7 Å². The molecule has 1 N–H and O–H groups in total. The minimum atomic E-state index is -0.138. The van der Waals surface area contributed by atoms with E-state index in [0.29, 0.717) is 24.7 Å². The average Bonchev–Trinajstić information content (AvgIpc) is 3.11. The fraction of sp³-hybridized carbons (Fsp3) is 0.333. The van der Waals surface area contributed by atoms with Gasteiger partial charge in [-0.3, -0.25) is 4.79 Å². The minimum absolute atomic E-state index is 0.138. The van der Waals surface area contributed by atoms with Crippen LogP contribution in [-0.4, -0.2) is 44.2 Å². The maximum Gasteiger partial charge on any atom is 0.250 e. The summed E-state index contributed by atoms with van der Waals surface area (Å²) in [6, 6.07) is 11.8. The zero-order valence-electron chi connectivity index (χ0n) is 14.2. The highest BCUT2D eigenvalue weighted by Crippen LogP contribution is 2.19. The predicted octanol–water partition coefficient (Wildman–Crippen LogP) is 3.26. The summed E-state index contributed by atoms with van der Waals surface area (Å²) < 4.78 is 12.1. The topological polar surface area (TPSA) is 67.1 Å². The average molecular weight is 438 g/mol. The third kappa shape index (κ3) is 5.89. The molecule has 0 spiro atoms. The molecular weight excluding hydrogens is 418 g/mol. The van der Waals surface area contributed by atoms with Crippen molar-refractivity contribution in [2.24, 2.45) is 5.10 Å². The van der Waals surface area contributed by atoms with E-state index in [0.717, 1.165) is 29.2 Å². The quantitative estimate of drug-likeness (QED) is 0.531. The number of hydrogen-bond donors (Lipinski definition) is 1. The SMILES string of the molecule is O=C(CSCc1cccc(Br)c1)N/N=C\c1ccc(N2CCOCC2)o1. The van der Waals surface area contributed by atoms with Crippen molar-refractivity contribution in [3.05, 3.63) is 52.2 Å². The smallest absolute Gasteiger partial charge is 0.250 e. The number of rotatable bonds is 7. The highest BCUT2D eigenvalue weighted by atomic mass is 79.9. The van der Waals surface area contributed by atoms with E-state index in [1.54, 1.807) is 11.8 Å². The molecule has 0 radical (unpaired) electrons. The summed E-state index contributed by atoms with van der Waals surface area (Å²) in [4.78, 5) is 14.0. The van der Waals surface area contributed by atoms with Crippen molar-refractivity contribution < 1.29 is 13.9 Å². The van der Waals surface area contributed by atoms with E-state index >= 15 is 0 Å². The number of nitrogens with one attached hydrogen (secondary N) is 1. The number of amides is 1. The van der Waals surface area contributed by atoms with E-state index < -0.39 is 0 Å². The van der Waals surface area contributed by atoms with Gasteiger partial charge < -0.3 is 14.1 Å². The van der Waals surface area contributed by atoms with Crippen LogP contribution in [0.4, 0.5) is 5.88 Å². The lowest BCUT2D eigenvalue weighted by Gasteiger charge is -2.26. The molecule has 8 heteroatoms. The summed E-state index contributed by atoms with van der Waals surface area (Å²) in [5.74, 6) is 2.39. The van der Waals surface area contributed by atoms with Gasteiger partial charge in [0.05, 0.1) is 25.2 Å². The standard InChI is InChI=1S/C18H20BrN3O3S/c19-15-3-1-2-14(10-15)12-26-13-17(23)21-20-11-16-4-5-18(25-16)22-6-8-24-9-7-22/h1-5,10-11H,6-9,12-13H2,(H,21,23)/b20-11-. The maximum absolute atomic E-state index is 11.8. The van der Waals surface area contributed by atoms with Crippen molar-refractivity contribution in [3.8, 4) is 0 Å². The third-order valence-electron chi connectivity index (χ3n) is 3.71. The van der Waals surface area contributed by atoms with Gasteiger partial charge in [-0.15, -0.1) is 11.8 Å². The van der Waals surface area contributed by atoms with Gasteiger partial charge in [0.1, 0.15) is 5.76 Å². The number of anilines is 1. The number of ether oxygens (including phenoxy) is 1. The van der Waals surface area contributed by atoms with E-state index in [1.165, 1.54) is 11.8 Å². The number of nitrogens with zero attached hydrogens (tertiary/aromatic N) is 2. The van der Waals surface area contributed by atoms with Crippen molar-refractivity contribution in [2.75, 3.05) is 37.0 Å². The largest absolute Gasteiger partial charge is 0.440 e. The van der Waals surface area contributed by atoms with Gasteiger partial charge in [-0.05, 0) is 23.8 Å². The molecule has 1 saturated heterocycles. The fourth-order valence-corrected chi connectivity index (χ4v) is 3.67. The number of benzene rings is 1. The summed E-state index contributed by atoms with van der Waals surface area (Å²) in [6.45, 7) is 3.04. The molecule has 6 nitrogen and oxygen atoms in total. The molecule has 2 heterocycles. The first-order chi connectivity index (χ1) is 12.7. The van der Waals surface area contributed by atoms with Gasteiger partial charge in [-0.1, -0.05) is 28.1 Å². The van der Waals surface area contributed by atoms with Crippen molar-refractivity contribution in [2.45, 2.75) is 5.75 Å². The zero-order valence-corrected chi connectivity index (χ0v) is 16.6. The number of morpholine rings is 1. The Bertz CT molecular complexity index is 760. The van der Waals surface area contributed by atoms with Crippen molar-refractivity contribution in [1.29, 1.82) is 0 Å². The number of thioether (sulfide) groups is 1. The molecule has 1 fully saturated rings. The van der Waals surface area contributed by atoms with E-state index in [-0.39, 0.29) is 5.91 Å². The normalized spacial score (nSPS) is 14.7. The first-order valence-electron chi connectivity index (χ1n) is 8.27. The summed E-state index contributed by atoms with van der Waals surface area (Å²) >= 11 is 4.98. The van der Waals surface area contributed by atoms with E-state index in [1.807, 2.05) is 36.4 Å². The van der Waals surface area contributed by atoms with Gasteiger partial charge in [-0.25, -0.2) is 5.43 Å². The molecule has 138 valence electrons. The Labute approximate surface area is 165 Å². The van der Waals surface area contributed by atoms with Crippen LogP contribution in [0.25, 0.3) is 0 Å². The van der Waals surface area contributed by atoms with Crippen LogP contribution in [0.1, 0.15) is 11.3 Å². The lowest BCUT2D eigenvalue weighted by atomic mass is 10.2. The predicted molar refractivity (Wildman–Crippen MR) is 108 cm³/mol. The second kappa shape index (κ2) is 9.80. The molecule has 1 amide bonds. The first-order valence-corrected chi connectivity index (χ1v) is 10.2. The third-order valence-corrected chi connectivity index (χ3v) is 5.20. The number of hydrazone groups is 1. The van der Waals surface area contributed by atoms with Gasteiger partial charge in [0.15, 0.2) is 5.88 Å². The van der Waals surface area contributed by atoms with Crippen LogP contribution < -0.4 is 10.3 Å². The second-order valence-electron chi connectivity index (χ2n) is 5.69. The van der Waals surface area contributed by atoms with E-state index in [9.17, 15) is 4.79 Å². The van der Waals surface area contributed by atoms with Crippen LogP contribution in [0.3, 0.4) is 0 Å². The molecule has 0 aliphatic carbocycles. The summed E-state index contributed by atoms with van der Waals surface area (Å²) in [5, 5.41) is 3.96. The molecule has 0 unspecified atom stereocenters. The summed E-state index contributed by atoms with van der Waals surface area (Å²) in [6.07, 6.45) is 1.51. The Morgan fingerprint density at radius 2 is 2.15 bits per heavy atom. The number of carbonyl (C=O) groups is 1. The number of halogens is 1. The molecule has 26 heavy (non-hydrogen) atoms. The lowest BCUT2D eigenvalue weighted by molar-refractivity contribution is -0.118. The highest BCUT2D eigenvalue weighted by Gasteiger charge is 2.14. The van der Waals surface area contributed by atoms with Crippen molar-refractivity contribution in [3.63, 3.8) is 0 Å². The number of hydrogen-bond acceptors (Lipinski definition) is 6. The molecule has 0 bridgehead atoms. The van der Waals surface area contributed by atoms with Crippen LogP contribution in [0.5, 0.6) is 0 Å². The molecule has 1 aromatic heterocycles. The Morgan fingerprint density at radius 1 is 1.31 bits per heavy atom. The molecular formula is C18H20BrN3O3S. The highest BCUT2D eigenvalue weighted by molar-refractivity contribution is 9.10. The van der Waals surface area contributed by atoms with Crippen LogP contribution in [0.15, 0.2) is 50.4 Å². The molecule has 1 aliphatic rings. The van der Waals surface area contributed by atoms with Crippen LogP contribution in [-0.2, 0) is 15.3 Å². The Hall–Kier alpha value is -1.77. The van der Waals surface area contributed by atoms with E-state index in [4.69, 9.17) is 9.15 Å². The molecule has 1 aromatic carbocycles. The molecule has 3 rings (SSSR count). The summed E-state index contributed by atoms with van der Waals surface area (Å²) in [5.41, 5.74) is 3.70. The van der Waals surface area contributed by atoms with Crippen LogP contribution in [0.2, 0.25) is 0 Å². The van der Waals surface area contributed by atoms with Crippen LogP contribution in [0, 0.1) is 0 Å². The molecule has 0 atom stereocenters. The molecule has 1 aliphatic heterocycles. The first kappa shape index (κ1) is 19.0. The van der Waals surface area contributed by atoms with Gasteiger partial charge in [-0.2, -0.15) is 5.10 Å². The lowest BCUT2D eigenvalue weighted by Crippen LogP contribution is -2.35. The second-order valence-corrected chi connectivity index (χ2v) is 7.59. The zero-order chi connectivity index (χ0) is 18.2. The minimum Gasteiger partial charge on any atom is -0.440 e.